The molecule has 2 aliphatic carbocycles. The van der Waals surface area contributed by atoms with Gasteiger partial charge in [0, 0.05) is 44.3 Å². The van der Waals surface area contributed by atoms with Crippen molar-refractivity contribution in [2.24, 2.45) is 13.0 Å². The van der Waals surface area contributed by atoms with E-state index in [1.54, 1.807) is 0 Å². The van der Waals surface area contributed by atoms with Gasteiger partial charge in [-0.25, -0.2) is 0 Å². The topological polar surface area (TPSA) is 30.3 Å². The second kappa shape index (κ2) is 5.73. The van der Waals surface area contributed by atoms with Crippen molar-refractivity contribution in [3.63, 3.8) is 0 Å². The van der Waals surface area contributed by atoms with Gasteiger partial charge in [0.15, 0.2) is 0 Å². The van der Waals surface area contributed by atoms with Crippen LogP contribution in [0.1, 0.15) is 55.7 Å². The maximum absolute atomic E-state index is 6.01. The SMILES string of the molecule is Cn1ncc2c1CN(C1CCCC1)CC2COCC1CC1. The zero-order chi connectivity index (χ0) is 14.2. The quantitative estimate of drug-likeness (QED) is 0.835. The Kier molecular flexibility index (Phi) is 3.76. The lowest BCUT2D eigenvalue weighted by atomic mass is 9.94. The maximum Gasteiger partial charge on any atom is 0.0557 e. The van der Waals surface area contributed by atoms with Gasteiger partial charge in [-0.2, -0.15) is 5.10 Å². The molecule has 1 atom stereocenters. The minimum absolute atomic E-state index is 0.516. The van der Waals surface area contributed by atoms with Crippen molar-refractivity contribution in [1.82, 2.24) is 14.7 Å². The summed E-state index contributed by atoms with van der Waals surface area (Å²) in [7, 11) is 2.08. The fourth-order valence-electron chi connectivity index (χ4n) is 4.00. The Labute approximate surface area is 127 Å². The highest BCUT2D eigenvalue weighted by Gasteiger charge is 2.33. The summed E-state index contributed by atoms with van der Waals surface area (Å²) in [6, 6.07) is 0.791. The van der Waals surface area contributed by atoms with Crippen molar-refractivity contribution >= 4 is 0 Å². The Hall–Kier alpha value is -0.870. The number of hydrogen-bond acceptors (Lipinski definition) is 3. The van der Waals surface area contributed by atoms with Gasteiger partial charge < -0.3 is 4.74 Å². The van der Waals surface area contributed by atoms with E-state index in [-0.39, 0.29) is 0 Å². The highest BCUT2D eigenvalue weighted by atomic mass is 16.5. The monoisotopic (exact) mass is 289 g/mol. The second-order valence-electron chi connectivity index (χ2n) is 7.22. The molecule has 2 saturated carbocycles. The lowest BCUT2D eigenvalue weighted by Gasteiger charge is -2.36. The van der Waals surface area contributed by atoms with Crippen LogP contribution in [0, 0.1) is 5.92 Å². The molecule has 0 radical (unpaired) electrons. The van der Waals surface area contributed by atoms with Crippen LogP contribution in [0.25, 0.3) is 0 Å². The minimum atomic E-state index is 0.516. The van der Waals surface area contributed by atoms with Crippen LogP contribution in [0.2, 0.25) is 0 Å². The summed E-state index contributed by atoms with van der Waals surface area (Å²) in [5.41, 5.74) is 2.84. The molecule has 4 rings (SSSR count). The Morgan fingerprint density at radius 2 is 2.00 bits per heavy atom. The van der Waals surface area contributed by atoms with Crippen LogP contribution < -0.4 is 0 Å². The molecule has 0 saturated heterocycles. The first-order valence-corrected chi connectivity index (χ1v) is 8.64. The number of hydrogen-bond donors (Lipinski definition) is 0. The summed E-state index contributed by atoms with van der Waals surface area (Å²) in [5.74, 6) is 1.37. The van der Waals surface area contributed by atoms with Crippen molar-refractivity contribution in [2.75, 3.05) is 19.8 Å². The highest BCUT2D eigenvalue weighted by Crippen LogP contribution is 2.34. The summed E-state index contributed by atoms with van der Waals surface area (Å²) in [5, 5.41) is 4.50. The van der Waals surface area contributed by atoms with Gasteiger partial charge in [-0.3, -0.25) is 9.58 Å². The molecule has 4 nitrogen and oxygen atoms in total. The molecule has 0 bridgehead atoms. The van der Waals surface area contributed by atoms with E-state index in [0.29, 0.717) is 5.92 Å². The molecule has 0 N–H and O–H groups in total. The Morgan fingerprint density at radius 3 is 2.76 bits per heavy atom. The van der Waals surface area contributed by atoms with E-state index >= 15 is 0 Å². The van der Waals surface area contributed by atoms with Crippen molar-refractivity contribution in [2.45, 2.75) is 57.0 Å². The molecule has 3 aliphatic rings. The lowest BCUT2D eigenvalue weighted by Crippen LogP contribution is -2.41. The predicted octanol–water partition coefficient (Wildman–Crippen LogP) is 2.69. The normalized spacial score (nSPS) is 27.2. The largest absolute Gasteiger partial charge is 0.380 e. The van der Waals surface area contributed by atoms with Crippen molar-refractivity contribution < 1.29 is 4.74 Å². The lowest BCUT2D eigenvalue weighted by molar-refractivity contribution is 0.0785. The van der Waals surface area contributed by atoms with E-state index < -0.39 is 0 Å². The zero-order valence-electron chi connectivity index (χ0n) is 13.1. The first kappa shape index (κ1) is 13.8. The molecule has 1 aliphatic heterocycles. The molecule has 0 amide bonds. The van der Waals surface area contributed by atoms with Crippen LogP contribution in [0.15, 0.2) is 6.20 Å². The molecule has 2 heterocycles. The first-order chi connectivity index (χ1) is 10.3. The minimum Gasteiger partial charge on any atom is -0.380 e. The standard InChI is InChI=1S/C17H27N3O/c1-19-17-10-20(15-4-2-3-5-15)9-14(16(17)8-18-19)12-21-11-13-6-7-13/h8,13-15H,2-7,9-12H2,1H3. The number of fused-ring (bicyclic) bond motifs is 1. The van der Waals surface area contributed by atoms with Crippen LogP contribution in [0.4, 0.5) is 0 Å². The molecule has 0 spiro atoms. The van der Waals surface area contributed by atoms with E-state index in [1.165, 1.54) is 49.8 Å². The summed E-state index contributed by atoms with van der Waals surface area (Å²) in [6.45, 7) is 4.08. The van der Waals surface area contributed by atoms with Gasteiger partial charge in [0.1, 0.15) is 0 Å². The summed E-state index contributed by atoms with van der Waals surface area (Å²) < 4.78 is 8.08. The molecular formula is C17H27N3O. The second-order valence-corrected chi connectivity index (χ2v) is 7.22. The Bertz CT molecular complexity index is 488. The molecule has 0 aromatic carbocycles. The molecule has 116 valence electrons. The number of nitrogens with zero attached hydrogens (tertiary/aromatic N) is 3. The molecule has 21 heavy (non-hydrogen) atoms. The average Bonchev–Trinajstić information content (AvgIpc) is 3.00. The number of aromatic nitrogens is 2. The molecule has 1 aromatic rings. The van der Waals surface area contributed by atoms with Crippen LogP contribution in [-0.2, 0) is 18.3 Å². The van der Waals surface area contributed by atoms with Crippen molar-refractivity contribution in [3.05, 3.63) is 17.5 Å². The van der Waals surface area contributed by atoms with Gasteiger partial charge in [-0.05, 0) is 31.6 Å². The molecule has 4 heteroatoms. The molecule has 1 aromatic heterocycles. The average molecular weight is 289 g/mol. The smallest absolute Gasteiger partial charge is 0.0557 e. The summed E-state index contributed by atoms with van der Waals surface area (Å²) in [4.78, 5) is 2.70. The zero-order valence-corrected chi connectivity index (χ0v) is 13.1. The fourth-order valence-corrected chi connectivity index (χ4v) is 4.00. The maximum atomic E-state index is 6.01. The van der Waals surface area contributed by atoms with Gasteiger partial charge in [0.05, 0.1) is 18.5 Å². The van der Waals surface area contributed by atoms with Gasteiger partial charge in [0.25, 0.3) is 0 Å². The molecular weight excluding hydrogens is 262 g/mol. The molecule has 1 unspecified atom stereocenters. The van der Waals surface area contributed by atoms with Crippen molar-refractivity contribution in [1.29, 1.82) is 0 Å². The van der Waals surface area contributed by atoms with E-state index in [0.717, 1.165) is 38.3 Å². The first-order valence-electron chi connectivity index (χ1n) is 8.64. The Balaban J connectivity index is 1.47. The van der Waals surface area contributed by atoms with Crippen LogP contribution in [0.5, 0.6) is 0 Å². The third-order valence-electron chi connectivity index (χ3n) is 5.55. The predicted molar refractivity (Wildman–Crippen MR) is 82.2 cm³/mol. The van der Waals surface area contributed by atoms with Gasteiger partial charge in [-0.15, -0.1) is 0 Å². The third-order valence-corrected chi connectivity index (χ3v) is 5.55. The van der Waals surface area contributed by atoms with Gasteiger partial charge >= 0.3 is 0 Å². The number of ether oxygens (including phenoxy) is 1. The fraction of sp³-hybridized carbons (Fsp3) is 0.824. The van der Waals surface area contributed by atoms with Gasteiger partial charge in [-0.1, -0.05) is 12.8 Å². The van der Waals surface area contributed by atoms with Crippen LogP contribution >= 0.6 is 0 Å². The highest BCUT2D eigenvalue weighted by molar-refractivity contribution is 5.26. The van der Waals surface area contributed by atoms with E-state index in [9.17, 15) is 0 Å². The number of rotatable bonds is 5. The third kappa shape index (κ3) is 2.88. The number of aryl methyl sites for hydroxylation is 1. The van der Waals surface area contributed by atoms with Crippen LogP contribution in [-0.4, -0.2) is 40.5 Å². The summed E-state index contributed by atoms with van der Waals surface area (Å²) >= 11 is 0. The van der Waals surface area contributed by atoms with Crippen molar-refractivity contribution in [3.8, 4) is 0 Å². The van der Waals surface area contributed by atoms with E-state index in [2.05, 4.69) is 27.9 Å². The summed E-state index contributed by atoms with van der Waals surface area (Å²) in [6.07, 6.45) is 10.4. The Morgan fingerprint density at radius 1 is 1.19 bits per heavy atom. The van der Waals surface area contributed by atoms with Crippen LogP contribution in [0.3, 0.4) is 0 Å². The molecule has 2 fully saturated rings. The van der Waals surface area contributed by atoms with Gasteiger partial charge in [0.2, 0.25) is 0 Å². The van der Waals surface area contributed by atoms with E-state index in [4.69, 9.17) is 4.74 Å². The van der Waals surface area contributed by atoms with E-state index in [1.807, 2.05) is 0 Å².